The molecule has 0 saturated heterocycles. The number of benzene rings is 3. The number of hydrogen-bond donors (Lipinski definition) is 1. The van der Waals surface area contributed by atoms with Crippen LogP contribution in [0.4, 0.5) is 5.69 Å². The molecule has 0 radical (unpaired) electrons. The van der Waals surface area contributed by atoms with E-state index in [0.717, 1.165) is 17.5 Å². The number of esters is 1. The van der Waals surface area contributed by atoms with E-state index in [1.165, 1.54) is 11.8 Å². The van der Waals surface area contributed by atoms with Gasteiger partial charge < -0.3 is 23.9 Å². The monoisotopic (exact) mass is 490 g/mol. The molecule has 0 fully saturated rings. The Balaban J connectivity index is 1.18. The molecule has 0 saturated carbocycles. The van der Waals surface area contributed by atoms with E-state index < -0.39 is 18.5 Å². The zero-order valence-electron chi connectivity index (χ0n) is 18.7. The van der Waals surface area contributed by atoms with E-state index in [1.807, 2.05) is 36.4 Å². The van der Waals surface area contributed by atoms with E-state index in [0.29, 0.717) is 52.5 Å². The van der Waals surface area contributed by atoms with E-state index in [1.54, 1.807) is 30.3 Å². The van der Waals surface area contributed by atoms with Crippen LogP contribution in [0.2, 0.25) is 0 Å². The first kappa shape index (κ1) is 22.8. The fraction of sp³-hybridized carbons (Fsp3) is 0.192. The number of aromatic nitrogens is 1. The number of hydrogen-bond acceptors (Lipinski definition) is 8. The minimum atomic E-state index is -0.576. The molecule has 5 rings (SSSR count). The number of nitrogens with zero attached hydrogens (tertiary/aromatic N) is 1. The Bertz CT molecular complexity index is 1340. The first-order chi connectivity index (χ1) is 17.2. The topological polar surface area (TPSA) is 99.9 Å². The Kier molecular flexibility index (Phi) is 6.85. The molecule has 1 aliphatic rings. The highest BCUT2D eigenvalue weighted by Crippen LogP contribution is 2.32. The molecule has 0 aliphatic carbocycles. The maximum atomic E-state index is 12.7. The molecular weight excluding hydrogens is 468 g/mol. The van der Waals surface area contributed by atoms with E-state index >= 15 is 0 Å². The minimum absolute atomic E-state index is 0.388. The van der Waals surface area contributed by atoms with E-state index in [9.17, 15) is 9.59 Å². The quantitative estimate of drug-likeness (QED) is 0.283. The number of nitrogens with one attached hydrogen (secondary N) is 1. The minimum Gasteiger partial charge on any atom is -0.490 e. The Morgan fingerprint density at radius 3 is 2.66 bits per heavy atom. The van der Waals surface area contributed by atoms with Crippen LogP contribution >= 0.6 is 11.8 Å². The summed E-state index contributed by atoms with van der Waals surface area (Å²) in [6.45, 7) is 0.718. The Morgan fingerprint density at radius 2 is 1.77 bits per heavy atom. The van der Waals surface area contributed by atoms with Crippen molar-refractivity contribution in [2.75, 3.05) is 25.1 Å². The zero-order valence-corrected chi connectivity index (χ0v) is 19.5. The van der Waals surface area contributed by atoms with Crippen LogP contribution in [0.5, 0.6) is 11.5 Å². The molecule has 1 amide bonds. The normalized spacial score (nSPS) is 12.7. The highest BCUT2D eigenvalue weighted by molar-refractivity contribution is 7.98. The third kappa shape index (κ3) is 5.58. The van der Waals surface area contributed by atoms with Gasteiger partial charge in [0, 0.05) is 23.9 Å². The van der Waals surface area contributed by atoms with E-state index in [4.69, 9.17) is 18.6 Å². The van der Waals surface area contributed by atoms with Gasteiger partial charge in [0.1, 0.15) is 5.52 Å². The van der Waals surface area contributed by atoms with Crippen LogP contribution < -0.4 is 14.8 Å². The van der Waals surface area contributed by atoms with Crippen molar-refractivity contribution in [2.45, 2.75) is 17.4 Å². The first-order valence-electron chi connectivity index (χ1n) is 11.1. The number of ether oxygens (including phenoxy) is 3. The Labute approximate surface area is 205 Å². The van der Waals surface area contributed by atoms with Gasteiger partial charge in [-0.2, -0.15) is 0 Å². The molecule has 0 atom stereocenters. The van der Waals surface area contributed by atoms with Crippen LogP contribution in [0.1, 0.15) is 22.3 Å². The second kappa shape index (κ2) is 10.5. The molecule has 0 bridgehead atoms. The number of carbonyl (C=O) groups is 2. The molecule has 4 aromatic rings. The van der Waals surface area contributed by atoms with Crippen molar-refractivity contribution in [3.63, 3.8) is 0 Å². The van der Waals surface area contributed by atoms with Crippen LogP contribution in [0, 0.1) is 0 Å². The summed E-state index contributed by atoms with van der Waals surface area (Å²) in [6.07, 6.45) is 0.793. The molecule has 0 spiro atoms. The highest BCUT2D eigenvalue weighted by Gasteiger charge is 2.17. The fourth-order valence-electron chi connectivity index (χ4n) is 3.54. The van der Waals surface area contributed by atoms with Gasteiger partial charge in [-0.1, -0.05) is 42.1 Å². The van der Waals surface area contributed by atoms with Gasteiger partial charge in [0.15, 0.2) is 23.7 Å². The van der Waals surface area contributed by atoms with Gasteiger partial charge in [-0.25, -0.2) is 9.78 Å². The Morgan fingerprint density at radius 1 is 0.971 bits per heavy atom. The lowest BCUT2D eigenvalue weighted by atomic mass is 10.1. The summed E-state index contributed by atoms with van der Waals surface area (Å²) in [5.74, 6) is 0.641. The number of fused-ring (bicyclic) bond motifs is 2. The highest BCUT2D eigenvalue weighted by atomic mass is 32.2. The third-order valence-corrected chi connectivity index (χ3v) is 6.11. The fourth-order valence-corrected chi connectivity index (χ4v) is 4.39. The SMILES string of the molecule is O=C(COC(=O)c1ccccc1CSc1nc2ccccc2o1)Nc1ccc2c(c1)OCCCO2. The number of thioether (sulfide) groups is 1. The number of carbonyl (C=O) groups excluding carboxylic acids is 2. The second-order valence-electron chi connectivity index (χ2n) is 7.73. The van der Waals surface area contributed by atoms with Crippen molar-refractivity contribution in [2.24, 2.45) is 0 Å². The van der Waals surface area contributed by atoms with Crippen molar-refractivity contribution >= 4 is 40.4 Å². The largest absolute Gasteiger partial charge is 0.490 e. The molecule has 0 unspecified atom stereocenters. The first-order valence-corrected chi connectivity index (χ1v) is 12.1. The number of anilines is 1. The predicted molar refractivity (Wildman–Crippen MR) is 131 cm³/mol. The summed E-state index contributed by atoms with van der Waals surface area (Å²) >= 11 is 1.38. The molecule has 2 heterocycles. The van der Waals surface area contributed by atoms with Crippen LogP contribution in [0.15, 0.2) is 76.4 Å². The zero-order chi connectivity index (χ0) is 24.0. The molecule has 1 aliphatic heterocycles. The third-order valence-electron chi connectivity index (χ3n) is 5.23. The molecule has 1 aromatic heterocycles. The summed E-state index contributed by atoms with van der Waals surface area (Å²) in [6, 6.07) is 19.8. The number of amides is 1. The summed E-state index contributed by atoms with van der Waals surface area (Å²) in [5, 5.41) is 3.23. The standard InChI is InChI=1S/C26H22N2O6S/c29-24(27-18-10-11-22-23(14-18)32-13-5-12-31-22)15-33-25(30)19-7-2-1-6-17(19)16-35-26-28-20-8-3-4-9-21(20)34-26/h1-4,6-11,14H,5,12-13,15-16H2,(H,27,29). The molecular formula is C26H22N2O6S. The molecule has 3 aromatic carbocycles. The molecule has 35 heavy (non-hydrogen) atoms. The second-order valence-corrected chi connectivity index (χ2v) is 8.66. The lowest BCUT2D eigenvalue weighted by molar-refractivity contribution is -0.119. The van der Waals surface area contributed by atoms with Crippen molar-refractivity contribution in [3.05, 3.63) is 77.9 Å². The van der Waals surface area contributed by atoms with Gasteiger partial charge in [0.05, 0.1) is 18.8 Å². The van der Waals surface area contributed by atoms with Crippen molar-refractivity contribution < 1.29 is 28.2 Å². The average molecular weight is 491 g/mol. The molecule has 9 heteroatoms. The maximum Gasteiger partial charge on any atom is 0.338 e. The van der Waals surface area contributed by atoms with Gasteiger partial charge in [-0.3, -0.25) is 4.79 Å². The van der Waals surface area contributed by atoms with Crippen molar-refractivity contribution in [3.8, 4) is 11.5 Å². The molecule has 8 nitrogen and oxygen atoms in total. The van der Waals surface area contributed by atoms with Crippen LogP contribution in [-0.4, -0.2) is 36.7 Å². The molecule has 1 N–H and O–H groups in total. The number of para-hydroxylation sites is 2. The van der Waals surface area contributed by atoms with Crippen LogP contribution in [-0.2, 0) is 15.3 Å². The number of rotatable bonds is 7. The summed E-state index contributed by atoms with van der Waals surface area (Å²) in [7, 11) is 0. The van der Waals surface area contributed by atoms with E-state index in [2.05, 4.69) is 10.3 Å². The molecule has 178 valence electrons. The van der Waals surface area contributed by atoms with Gasteiger partial charge in [-0.15, -0.1) is 0 Å². The average Bonchev–Trinajstić information content (AvgIpc) is 3.16. The lowest BCUT2D eigenvalue weighted by Gasteiger charge is -2.11. The van der Waals surface area contributed by atoms with Gasteiger partial charge in [-0.05, 0) is 35.9 Å². The predicted octanol–water partition coefficient (Wildman–Crippen LogP) is 5.08. The smallest absolute Gasteiger partial charge is 0.338 e. The summed E-state index contributed by atoms with van der Waals surface area (Å²) in [4.78, 5) is 29.5. The van der Waals surface area contributed by atoms with Crippen molar-refractivity contribution in [1.82, 2.24) is 4.98 Å². The lowest BCUT2D eigenvalue weighted by Crippen LogP contribution is -2.21. The Hall–Kier alpha value is -3.98. The van der Waals surface area contributed by atoms with Gasteiger partial charge >= 0.3 is 5.97 Å². The maximum absolute atomic E-state index is 12.7. The van der Waals surface area contributed by atoms with Gasteiger partial charge in [0.2, 0.25) is 0 Å². The van der Waals surface area contributed by atoms with Crippen LogP contribution in [0.3, 0.4) is 0 Å². The number of oxazole rings is 1. The van der Waals surface area contributed by atoms with E-state index in [-0.39, 0.29) is 0 Å². The summed E-state index contributed by atoms with van der Waals surface area (Å²) in [5.41, 5.74) is 3.17. The van der Waals surface area contributed by atoms with Crippen molar-refractivity contribution in [1.29, 1.82) is 0 Å². The van der Waals surface area contributed by atoms with Gasteiger partial charge in [0.25, 0.3) is 11.1 Å². The van der Waals surface area contributed by atoms with Crippen LogP contribution in [0.25, 0.3) is 11.1 Å². The summed E-state index contributed by atoms with van der Waals surface area (Å²) < 4.78 is 22.2.